The molecule has 0 aliphatic carbocycles. The number of halogens is 1. The second kappa shape index (κ2) is 8.66. The first-order valence-corrected chi connectivity index (χ1v) is 12.2. The van der Waals surface area contributed by atoms with E-state index in [0.29, 0.717) is 11.3 Å². The molecule has 0 fully saturated rings. The third kappa shape index (κ3) is 3.46. The van der Waals surface area contributed by atoms with E-state index in [0.717, 1.165) is 10.5 Å². The summed E-state index contributed by atoms with van der Waals surface area (Å²) in [4.78, 5) is 47.9. The van der Waals surface area contributed by atoms with Gasteiger partial charge in [-0.2, -0.15) is 11.3 Å². The van der Waals surface area contributed by atoms with Gasteiger partial charge in [-0.25, -0.2) is 14.3 Å². The fourth-order valence-corrected chi connectivity index (χ4v) is 5.27. The SMILES string of the molecule is O=C1[C@H](N2C(=O)c3ccccc3C2=O)N=C(c2ccccc2F)c2ccccc2N1Cc1ccsc1. The van der Waals surface area contributed by atoms with Crippen molar-refractivity contribution in [2.24, 2.45) is 4.99 Å². The average Bonchev–Trinajstić information content (AvgIpc) is 3.48. The normalized spacial score (nSPS) is 17.1. The maximum absolute atomic E-state index is 15.0. The van der Waals surface area contributed by atoms with Crippen LogP contribution in [-0.2, 0) is 11.3 Å². The molecule has 176 valence electrons. The lowest BCUT2D eigenvalue weighted by Crippen LogP contribution is -2.49. The van der Waals surface area contributed by atoms with Crippen LogP contribution in [0.25, 0.3) is 0 Å². The Morgan fingerprint density at radius 3 is 2.03 bits per heavy atom. The summed E-state index contributed by atoms with van der Waals surface area (Å²) in [6.45, 7) is 0.207. The van der Waals surface area contributed by atoms with Gasteiger partial charge in [0.25, 0.3) is 17.7 Å². The molecule has 1 atom stereocenters. The van der Waals surface area contributed by atoms with Crippen molar-refractivity contribution in [2.75, 3.05) is 4.90 Å². The summed E-state index contributed by atoms with van der Waals surface area (Å²) in [6, 6.07) is 21.6. The largest absolute Gasteiger partial charge is 0.304 e. The van der Waals surface area contributed by atoms with E-state index >= 15 is 4.39 Å². The van der Waals surface area contributed by atoms with Gasteiger partial charge in [-0.3, -0.25) is 14.4 Å². The third-order valence-corrected chi connectivity index (χ3v) is 7.04. The molecule has 3 heterocycles. The summed E-state index contributed by atoms with van der Waals surface area (Å²) in [5, 5.41) is 3.84. The van der Waals surface area contributed by atoms with E-state index in [2.05, 4.69) is 4.99 Å². The number of hydrogen-bond acceptors (Lipinski definition) is 5. The van der Waals surface area contributed by atoms with Gasteiger partial charge in [0.05, 0.1) is 29.1 Å². The maximum Gasteiger partial charge on any atom is 0.273 e. The molecule has 8 heteroatoms. The Kier molecular flexibility index (Phi) is 5.30. The highest BCUT2D eigenvalue weighted by atomic mass is 32.1. The van der Waals surface area contributed by atoms with E-state index in [4.69, 9.17) is 0 Å². The average molecular weight is 496 g/mol. The molecule has 3 amide bonds. The first-order chi connectivity index (χ1) is 17.5. The predicted molar refractivity (Wildman–Crippen MR) is 135 cm³/mol. The molecule has 0 radical (unpaired) electrons. The molecule has 1 aromatic heterocycles. The number of imide groups is 1. The minimum atomic E-state index is -1.50. The van der Waals surface area contributed by atoms with Crippen molar-refractivity contribution in [3.05, 3.63) is 123 Å². The second-order valence-electron chi connectivity index (χ2n) is 8.43. The van der Waals surface area contributed by atoms with Gasteiger partial charge in [0, 0.05) is 11.1 Å². The van der Waals surface area contributed by atoms with Crippen LogP contribution in [0.2, 0.25) is 0 Å². The number of nitrogens with zero attached hydrogens (tertiary/aromatic N) is 3. The Hall–Kier alpha value is -4.43. The quantitative estimate of drug-likeness (QED) is 0.379. The van der Waals surface area contributed by atoms with Crippen LogP contribution in [0.5, 0.6) is 0 Å². The molecule has 3 aromatic carbocycles. The Labute approximate surface area is 209 Å². The molecule has 2 aliphatic rings. The molecule has 0 saturated heterocycles. The minimum absolute atomic E-state index is 0.178. The summed E-state index contributed by atoms with van der Waals surface area (Å²) in [5.41, 5.74) is 2.75. The van der Waals surface area contributed by atoms with E-state index in [-0.39, 0.29) is 28.9 Å². The summed E-state index contributed by atoms with van der Waals surface area (Å²) in [7, 11) is 0. The Balaban J connectivity index is 1.57. The molecule has 0 saturated carbocycles. The van der Waals surface area contributed by atoms with Crippen molar-refractivity contribution >= 4 is 40.5 Å². The Morgan fingerprint density at radius 1 is 0.778 bits per heavy atom. The van der Waals surface area contributed by atoms with Crippen LogP contribution >= 0.6 is 11.3 Å². The molecule has 2 aliphatic heterocycles. The van der Waals surface area contributed by atoms with E-state index < -0.39 is 29.7 Å². The van der Waals surface area contributed by atoms with Crippen LogP contribution in [0.15, 0.2) is 94.6 Å². The first-order valence-electron chi connectivity index (χ1n) is 11.3. The monoisotopic (exact) mass is 495 g/mol. The van der Waals surface area contributed by atoms with Crippen LogP contribution in [0.3, 0.4) is 0 Å². The number of aliphatic imine (C=N–C) groups is 1. The molecule has 4 aromatic rings. The smallest absolute Gasteiger partial charge is 0.273 e. The molecule has 6 rings (SSSR count). The van der Waals surface area contributed by atoms with Gasteiger partial charge in [0.2, 0.25) is 6.17 Å². The van der Waals surface area contributed by atoms with Gasteiger partial charge in [0.1, 0.15) is 5.82 Å². The Bertz CT molecular complexity index is 1530. The third-order valence-electron chi connectivity index (χ3n) is 6.31. The van der Waals surface area contributed by atoms with Gasteiger partial charge < -0.3 is 4.90 Å². The fraction of sp³-hybridized carbons (Fsp3) is 0.0714. The number of para-hydroxylation sites is 1. The van der Waals surface area contributed by atoms with Gasteiger partial charge in [-0.15, -0.1) is 0 Å². The standard InChI is InChI=1S/C28H18FN3O3S/c29-22-11-5-3-9-20(22)24-21-10-4-6-12-23(21)31(15-17-13-14-36-16-17)28(35)25(30-24)32-26(33)18-7-1-2-8-19(18)27(32)34/h1-14,16,25H,15H2/t25-/m0/s1. The van der Waals surface area contributed by atoms with Crippen molar-refractivity contribution < 1.29 is 18.8 Å². The van der Waals surface area contributed by atoms with Crippen LogP contribution in [-0.4, -0.2) is 34.5 Å². The maximum atomic E-state index is 15.0. The number of anilines is 1. The lowest BCUT2D eigenvalue weighted by molar-refractivity contribution is -0.122. The number of hydrogen-bond donors (Lipinski definition) is 0. The van der Waals surface area contributed by atoms with Crippen LogP contribution in [0, 0.1) is 5.82 Å². The summed E-state index contributed by atoms with van der Waals surface area (Å²) in [5.74, 6) is -2.28. The van der Waals surface area contributed by atoms with E-state index in [1.165, 1.54) is 22.3 Å². The number of benzodiazepines with no additional fused rings is 1. The number of thiophene rings is 1. The highest BCUT2D eigenvalue weighted by Gasteiger charge is 2.46. The second-order valence-corrected chi connectivity index (χ2v) is 9.21. The molecule has 0 N–H and O–H groups in total. The highest BCUT2D eigenvalue weighted by Crippen LogP contribution is 2.34. The van der Waals surface area contributed by atoms with Crippen LogP contribution < -0.4 is 4.90 Å². The number of rotatable bonds is 4. The summed E-state index contributed by atoms with van der Waals surface area (Å²) in [6.07, 6.45) is -1.50. The van der Waals surface area contributed by atoms with Crippen molar-refractivity contribution in [3.63, 3.8) is 0 Å². The molecule has 0 bridgehead atoms. The van der Waals surface area contributed by atoms with Crippen molar-refractivity contribution in [2.45, 2.75) is 12.7 Å². The number of carbonyl (C=O) groups is 3. The predicted octanol–water partition coefficient (Wildman–Crippen LogP) is 4.89. The molecule has 0 spiro atoms. The topological polar surface area (TPSA) is 70.0 Å². The van der Waals surface area contributed by atoms with E-state index in [1.54, 1.807) is 66.7 Å². The number of carbonyl (C=O) groups excluding carboxylic acids is 3. The Morgan fingerprint density at radius 2 is 1.39 bits per heavy atom. The zero-order valence-electron chi connectivity index (χ0n) is 18.8. The van der Waals surface area contributed by atoms with Gasteiger partial charge in [0.15, 0.2) is 0 Å². The highest BCUT2D eigenvalue weighted by molar-refractivity contribution is 7.07. The zero-order valence-corrected chi connectivity index (χ0v) is 19.6. The zero-order chi connectivity index (χ0) is 24.8. The van der Waals surface area contributed by atoms with E-state index in [1.807, 2.05) is 16.8 Å². The summed E-state index contributed by atoms with van der Waals surface area (Å²) >= 11 is 1.50. The number of benzene rings is 3. The number of amides is 3. The molecular formula is C28H18FN3O3S. The van der Waals surface area contributed by atoms with Gasteiger partial charge in [-0.05, 0) is 52.7 Å². The number of fused-ring (bicyclic) bond motifs is 2. The van der Waals surface area contributed by atoms with Crippen molar-refractivity contribution in [3.8, 4) is 0 Å². The van der Waals surface area contributed by atoms with Gasteiger partial charge >= 0.3 is 0 Å². The van der Waals surface area contributed by atoms with Crippen LogP contribution in [0.1, 0.15) is 37.4 Å². The van der Waals surface area contributed by atoms with Crippen LogP contribution in [0.4, 0.5) is 10.1 Å². The lowest BCUT2D eigenvalue weighted by atomic mass is 9.99. The van der Waals surface area contributed by atoms with Crippen molar-refractivity contribution in [1.82, 2.24) is 4.90 Å². The summed E-state index contributed by atoms with van der Waals surface area (Å²) < 4.78 is 15.0. The fourth-order valence-electron chi connectivity index (χ4n) is 4.61. The molecule has 0 unspecified atom stereocenters. The molecule has 36 heavy (non-hydrogen) atoms. The minimum Gasteiger partial charge on any atom is -0.304 e. The molecule has 6 nitrogen and oxygen atoms in total. The lowest BCUT2D eigenvalue weighted by Gasteiger charge is -2.28. The molecular weight excluding hydrogens is 477 g/mol. The first kappa shape index (κ1) is 22.1. The van der Waals surface area contributed by atoms with E-state index in [9.17, 15) is 14.4 Å². The van der Waals surface area contributed by atoms with Gasteiger partial charge in [-0.1, -0.05) is 42.5 Å². The van der Waals surface area contributed by atoms with Crippen molar-refractivity contribution in [1.29, 1.82) is 0 Å².